The number of hydrogen-bond acceptors (Lipinski definition) is 2. The predicted octanol–water partition coefficient (Wildman–Crippen LogP) is 7.51. The SMILES string of the molecule is C/C=C/COC1CCC(CCC2CCC(CCc3cc(F)c(C#N)c(F)c3)CC2)CC1. The van der Waals surface area contributed by atoms with Crippen molar-refractivity contribution in [3.05, 3.63) is 47.0 Å². The van der Waals surface area contributed by atoms with Gasteiger partial charge in [0.05, 0.1) is 12.7 Å². The lowest BCUT2D eigenvalue weighted by molar-refractivity contribution is 0.0325. The number of benzene rings is 1. The lowest BCUT2D eigenvalue weighted by Crippen LogP contribution is -2.22. The molecule has 0 N–H and O–H groups in total. The summed E-state index contributed by atoms with van der Waals surface area (Å²) in [4.78, 5) is 0. The predicted molar refractivity (Wildman–Crippen MR) is 121 cm³/mol. The molecule has 170 valence electrons. The van der Waals surface area contributed by atoms with Gasteiger partial charge in [0.2, 0.25) is 0 Å². The quantitative estimate of drug-likeness (QED) is 0.381. The van der Waals surface area contributed by atoms with Gasteiger partial charge in [0.25, 0.3) is 0 Å². The molecule has 0 atom stereocenters. The average molecular weight is 430 g/mol. The van der Waals surface area contributed by atoms with Gasteiger partial charge < -0.3 is 4.74 Å². The molecule has 2 saturated carbocycles. The van der Waals surface area contributed by atoms with Crippen LogP contribution in [0.2, 0.25) is 0 Å². The van der Waals surface area contributed by atoms with E-state index >= 15 is 0 Å². The molecule has 4 heteroatoms. The molecule has 3 rings (SSSR count). The average Bonchev–Trinajstić information content (AvgIpc) is 2.78. The van der Waals surface area contributed by atoms with Crippen molar-refractivity contribution in [3.63, 3.8) is 0 Å². The first-order chi connectivity index (χ1) is 15.1. The van der Waals surface area contributed by atoms with Gasteiger partial charge in [-0.1, -0.05) is 50.7 Å². The summed E-state index contributed by atoms with van der Waals surface area (Å²) >= 11 is 0. The molecule has 1 aromatic rings. The summed E-state index contributed by atoms with van der Waals surface area (Å²) < 4.78 is 33.5. The van der Waals surface area contributed by atoms with Gasteiger partial charge in [0, 0.05) is 0 Å². The van der Waals surface area contributed by atoms with E-state index in [1.54, 1.807) is 6.07 Å². The lowest BCUT2D eigenvalue weighted by atomic mass is 9.75. The van der Waals surface area contributed by atoms with Crippen LogP contribution in [0.15, 0.2) is 24.3 Å². The van der Waals surface area contributed by atoms with Crippen molar-refractivity contribution in [3.8, 4) is 6.07 Å². The minimum absolute atomic E-state index is 0.459. The summed E-state index contributed by atoms with van der Waals surface area (Å²) in [5.41, 5.74) is 0.195. The van der Waals surface area contributed by atoms with E-state index < -0.39 is 17.2 Å². The normalized spacial score (nSPS) is 26.8. The van der Waals surface area contributed by atoms with E-state index in [2.05, 4.69) is 6.08 Å². The fraction of sp³-hybridized carbons (Fsp3) is 0.667. The highest BCUT2D eigenvalue weighted by Gasteiger charge is 2.25. The fourth-order valence-corrected chi connectivity index (χ4v) is 5.40. The maximum atomic E-state index is 13.8. The lowest BCUT2D eigenvalue weighted by Gasteiger charge is -2.32. The monoisotopic (exact) mass is 429 g/mol. The number of rotatable bonds is 9. The molecule has 0 aromatic heterocycles. The van der Waals surface area contributed by atoms with Crippen molar-refractivity contribution in [2.45, 2.75) is 90.1 Å². The highest BCUT2D eigenvalue weighted by atomic mass is 19.1. The van der Waals surface area contributed by atoms with Gasteiger partial charge in [-0.15, -0.1) is 0 Å². The van der Waals surface area contributed by atoms with Crippen LogP contribution in [-0.4, -0.2) is 12.7 Å². The molecule has 0 bridgehead atoms. The minimum atomic E-state index is -0.736. The number of allylic oxidation sites excluding steroid dienone is 1. The van der Waals surface area contributed by atoms with Gasteiger partial charge in [-0.2, -0.15) is 5.26 Å². The van der Waals surface area contributed by atoms with E-state index in [1.165, 1.54) is 76.3 Å². The zero-order chi connectivity index (χ0) is 22.1. The van der Waals surface area contributed by atoms with Crippen LogP contribution < -0.4 is 0 Å². The van der Waals surface area contributed by atoms with Gasteiger partial charge in [-0.3, -0.25) is 0 Å². The first-order valence-corrected chi connectivity index (χ1v) is 12.2. The molecule has 2 fully saturated rings. The molecule has 0 heterocycles. The molecule has 2 nitrogen and oxygen atoms in total. The Kier molecular flexibility index (Phi) is 9.53. The number of nitriles is 1. The molecule has 31 heavy (non-hydrogen) atoms. The zero-order valence-corrected chi connectivity index (χ0v) is 18.9. The number of ether oxygens (including phenoxy) is 1. The molecule has 0 spiro atoms. The van der Waals surface area contributed by atoms with Crippen LogP contribution in [0.3, 0.4) is 0 Å². The first-order valence-electron chi connectivity index (χ1n) is 12.2. The summed E-state index contributed by atoms with van der Waals surface area (Å²) in [5, 5.41) is 8.79. The summed E-state index contributed by atoms with van der Waals surface area (Å²) in [7, 11) is 0. The van der Waals surface area contributed by atoms with Crippen LogP contribution in [-0.2, 0) is 11.2 Å². The molecule has 0 radical (unpaired) electrons. The van der Waals surface area contributed by atoms with Crippen molar-refractivity contribution in [2.75, 3.05) is 6.61 Å². The topological polar surface area (TPSA) is 33.0 Å². The number of hydrogen-bond donors (Lipinski definition) is 0. The largest absolute Gasteiger partial charge is 0.374 e. The molecule has 0 aliphatic heterocycles. The second-order valence-corrected chi connectivity index (χ2v) is 9.59. The van der Waals surface area contributed by atoms with Gasteiger partial charge in [0.15, 0.2) is 0 Å². The second-order valence-electron chi connectivity index (χ2n) is 9.59. The van der Waals surface area contributed by atoms with Crippen molar-refractivity contribution in [2.24, 2.45) is 17.8 Å². The smallest absolute Gasteiger partial charge is 0.144 e. The Labute approximate surface area is 186 Å². The zero-order valence-electron chi connectivity index (χ0n) is 18.9. The van der Waals surface area contributed by atoms with Crippen molar-refractivity contribution in [1.29, 1.82) is 5.26 Å². The Morgan fingerprint density at radius 3 is 1.94 bits per heavy atom. The second kappa shape index (κ2) is 12.3. The van der Waals surface area contributed by atoms with E-state index in [0.29, 0.717) is 24.0 Å². The number of nitrogens with zero attached hydrogens (tertiary/aromatic N) is 1. The summed E-state index contributed by atoms with van der Waals surface area (Å²) in [6.45, 7) is 2.79. The summed E-state index contributed by atoms with van der Waals surface area (Å²) in [6.07, 6.45) is 19.1. The van der Waals surface area contributed by atoms with E-state index in [4.69, 9.17) is 10.00 Å². The van der Waals surface area contributed by atoms with Crippen molar-refractivity contribution in [1.82, 2.24) is 0 Å². The molecular weight excluding hydrogens is 392 g/mol. The Bertz CT molecular complexity index is 730. The van der Waals surface area contributed by atoms with Crippen LogP contribution in [0.1, 0.15) is 88.7 Å². The van der Waals surface area contributed by atoms with Crippen LogP contribution in [0.4, 0.5) is 8.78 Å². The Morgan fingerprint density at radius 1 is 0.903 bits per heavy atom. The van der Waals surface area contributed by atoms with E-state index in [1.807, 2.05) is 13.0 Å². The Hall–Kier alpha value is -1.73. The molecular formula is C27H37F2NO. The third-order valence-electron chi connectivity index (χ3n) is 7.46. The molecule has 0 amide bonds. The molecule has 0 saturated heterocycles. The fourth-order valence-electron chi connectivity index (χ4n) is 5.40. The van der Waals surface area contributed by atoms with E-state index in [-0.39, 0.29) is 0 Å². The van der Waals surface area contributed by atoms with Crippen LogP contribution in [0, 0.1) is 40.7 Å². The van der Waals surface area contributed by atoms with Crippen molar-refractivity contribution < 1.29 is 13.5 Å². The third kappa shape index (κ3) is 7.42. The Balaban J connectivity index is 1.30. The Morgan fingerprint density at radius 2 is 1.42 bits per heavy atom. The van der Waals surface area contributed by atoms with Gasteiger partial charge in [-0.25, -0.2) is 8.78 Å². The van der Waals surface area contributed by atoms with E-state index in [9.17, 15) is 8.78 Å². The number of halogens is 2. The summed E-state index contributed by atoms with van der Waals surface area (Å²) in [6, 6.07) is 4.24. The summed E-state index contributed by atoms with van der Waals surface area (Å²) in [5.74, 6) is 0.909. The minimum Gasteiger partial charge on any atom is -0.374 e. The van der Waals surface area contributed by atoms with Crippen LogP contribution in [0.25, 0.3) is 0 Å². The van der Waals surface area contributed by atoms with Gasteiger partial charge >= 0.3 is 0 Å². The van der Waals surface area contributed by atoms with E-state index in [0.717, 1.165) is 24.9 Å². The van der Waals surface area contributed by atoms with Crippen LogP contribution >= 0.6 is 0 Å². The van der Waals surface area contributed by atoms with Gasteiger partial charge in [-0.05, 0) is 80.9 Å². The first kappa shape index (κ1) is 23.9. The molecule has 1 aromatic carbocycles. The maximum Gasteiger partial charge on any atom is 0.144 e. The highest BCUT2D eigenvalue weighted by molar-refractivity contribution is 5.35. The number of aryl methyl sites for hydroxylation is 1. The maximum absolute atomic E-state index is 13.8. The van der Waals surface area contributed by atoms with Gasteiger partial charge in [0.1, 0.15) is 23.3 Å². The molecule has 2 aliphatic rings. The standard InChI is InChI=1S/C27H37F2NO/c1-2-3-16-31-24-14-12-22(13-15-24)9-8-20-4-6-21(7-5-20)10-11-23-17-26(28)25(19-30)27(29)18-23/h2-3,17-18,20-22,24H,4-16H2,1H3/b3-2+. The molecule has 2 aliphatic carbocycles. The third-order valence-corrected chi connectivity index (χ3v) is 7.46. The van der Waals surface area contributed by atoms with Crippen molar-refractivity contribution >= 4 is 0 Å². The molecule has 0 unspecified atom stereocenters. The van der Waals surface area contributed by atoms with Crippen LogP contribution in [0.5, 0.6) is 0 Å². The highest BCUT2D eigenvalue weighted by Crippen LogP contribution is 2.37.